The molecule has 0 fully saturated rings. The molecular formula is C22H24FN7O4. The topological polar surface area (TPSA) is 135 Å². The summed E-state index contributed by atoms with van der Waals surface area (Å²) in [7, 11) is 0. The fraction of sp³-hybridized carbons (Fsp3) is 0.364. The van der Waals surface area contributed by atoms with Crippen LogP contribution in [0.4, 0.5) is 15.0 Å². The van der Waals surface area contributed by atoms with Crippen LogP contribution in [0.25, 0.3) is 11.5 Å². The molecule has 0 bridgehead atoms. The van der Waals surface area contributed by atoms with E-state index in [0.29, 0.717) is 22.6 Å². The fourth-order valence-electron chi connectivity index (χ4n) is 3.55. The van der Waals surface area contributed by atoms with Crippen molar-refractivity contribution in [1.82, 2.24) is 30.1 Å². The van der Waals surface area contributed by atoms with Crippen LogP contribution in [0.2, 0.25) is 0 Å². The summed E-state index contributed by atoms with van der Waals surface area (Å²) in [6.07, 6.45) is -0.759. The van der Waals surface area contributed by atoms with E-state index < -0.39 is 17.8 Å². The van der Waals surface area contributed by atoms with Crippen LogP contribution >= 0.6 is 0 Å². The lowest BCUT2D eigenvalue weighted by Gasteiger charge is -2.17. The number of aliphatic hydroxyl groups excluding tert-OH is 1. The number of hydrogen-bond donors (Lipinski definition) is 2. The number of carbonyl (C=O) groups is 2. The number of amides is 2. The van der Waals surface area contributed by atoms with Gasteiger partial charge in [0.1, 0.15) is 17.3 Å². The molecule has 0 radical (unpaired) electrons. The number of aliphatic hydroxyl groups is 1. The maximum absolute atomic E-state index is 14.8. The summed E-state index contributed by atoms with van der Waals surface area (Å²) in [6.45, 7) is 5.51. The van der Waals surface area contributed by atoms with Crippen molar-refractivity contribution in [3.8, 4) is 11.5 Å². The van der Waals surface area contributed by atoms with Gasteiger partial charge in [0.05, 0.1) is 24.3 Å². The second-order valence-corrected chi connectivity index (χ2v) is 8.23. The maximum Gasteiger partial charge on any atom is 0.410 e. The van der Waals surface area contributed by atoms with Gasteiger partial charge in [-0.15, -0.1) is 5.10 Å². The van der Waals surface area contributed by atoms with Gasteiger partial charge < -0.3 is 15.2 Å². The highest BCUT2D eigenvalue weighted by molar-refractivity contribution is 6.04. The molecule has 0 saturated carbocycles. The van der Waals surface area contributed by atoms with Gasteiger partial charge in [-0.3, -0.25) is 9.69 Å². The first-order valence-corrected chi connectivity index (χ1v) is 10.7. The van der Waals surface area contributed by atoms with Crippen LogP contribution in [0.5, 0.6) is 0 Å². The van der Waals surface area contributed by atoms with Crippen LogP contribution in [0.1, 0.15) is 48.3 Å². The summed E-state index contributed by atoms with van der Waals surface area (Å²) < 4.78 is 21.4. The zero-order valence-corrected chi connectivity index (χ0v) is 18.9. The monoisotopic (exact) mass is 469 g/mol. The average molecular weight is 469 g/mol. The normalized spacial score (nSPS) is 13.6. The summed E-state index contributed by atoms with van der Waals surface area (Å²) in [5.74, 6) is -0.894. The quantitative estimate of drug-likeness (QED) is 0.562. The number of anilines is 1. The molecule has 3 heterocycles. The van der Waals surface area contributed by atoms with Crippen molar-refractivity contribution < 1.29 is 23.8 Å². The van der Waals surface area contributed by atoms with Gasteiger partial charge in [-0.2, -0.15) is 0 Å². The van der Waals surface area contributed by atoms with Crippen molar-refractivity contribution in [2.75, 3.05) is 11.9 Å². The first kappa shape index (κ1) is 23.2. The molecule has 0 unspecified atom stereocenters. The molecule has 0 spiro atoms. The predicted molar refractivity (Wildman–Crippen MR) is 118 cm³/mol. The second-order valence-electron chi connectivity index (χ2n) is 8.23. The van der Waals surface area contributed by atoms with E-state index in [1.165, 1.54) is 21.7 Å². The van der Waals surface area contributed by atoms with Gasteiger partial charge >= 0.3 is 6.09 Å². The van der Waals surface area contributed by atoms with Crippen LogP contribution in [-0.4, -0.2) is 59.9 Å². The smallest absolute Gasteiger partial charge is 0.410 e. The van der Waals surface area contributed by atoms with Crippen molar-refractivity contribution >= 4 is 17.8 Å². The SMILES string of the molecule is CC(C)OC(=O)N1Cc2cc(F)c(C(=O)Nc3cccc(-c4nnnn4[C@H](C)CO)n3)cc2C1. The van der Waals surface area contributed by atoms with Gasteiger partial charge in [-0.1, -0.05) is 6.07 Å². The largest absolute Gasteiger partial charge is 0.447 e. The van der Waals surface area contributed by atoms with E-state index in [0.717, 1.165) is 0 Å². The van der Waals surface area contributed by atoms with Gasteiger partial charge in [-0.05, 0) is 66.6 Å². The number of rotatable bonds is 6. The number of fused-ring (bicyclic) bond motifs is 1. The van der Waals surface area contributed by atoms with Gasteiger partial charge in [0.25, 0.3) is 5.91 Å². The molecule has 2 amide bonds. The number of halogens is 1. The van der Waals surface area contributed by atoms with Gasteiger partial charge in [0, 0.05) is 13.1 Å². The van der Waals surface area contributed by atoms with Crippen LogP contribution in [0.3, 0.4) is 0 Å². The van der Waals surface area contributed by atoms with Crippen LogP contribution in [0.15, 0.2) is 30.3 Å². The van der Waals surface area contributed by atoms with Crippen LogP contribution in [-0.2, 0) is 17.8 Å². The highest BCUT2D eigenvalue weighted by Crippen LogP contribution is 2.27. The molecule has 2 aromatic heterocycles. The second kappa shape index (κ2) is 9.51. The number of nitrogens with zero attached hydrogens (tertiary/aromatic N) is 6. The molecule has 2 N–H and O–H groups in total. The zero-order valence-electron chi connectivity index (χ0n) is 18.9. The number of pyridine rings is 1. The summed E-state index contributed by atoms with van der Waals surface area (Å²) in [5.41, 5.74) is 1.51. The first-order chi connectivity index (χ1) is 16.3. The lowest BCUT2D eigenvalue weighted by molar-refractivity contribution is 0.0760. The molecule has 0 aliphatic carbocycles. The third-order valence-electron chi connectivity index (χ3n) is 5.25. The molecular weight excluding hydrogens is 445 g/mol. The first-order valence-electron chi connectivity index (χ1n) is 10.7. The molecule has 1 aliphatic heterocycles. The van der Waals surface area contributed by atoms with E-state index in [2.05, 4.69) is 25.8 Å². The molecule has 12 heteroatoms. The number of nitrogens with one attached hydrogen (secondary N) is 1. The van der Waals surface area contributed by atoms with Crippen LogP contribution in [0, 0.1) is 5.82 Å². The molecule has 3 aromatic rings. The Morgan fingerprint density at radius 3 is 2.65 bits per heavy atom. The standard InChI is InChI=1S/C22H24FN7O4/c1-12(2)34-22(33)29-9-14-7-16(17(23)8-15(14)10-29)21(32)25-19-6-4-5-18(24-19)20-26-27-28-30(20)13(3)11-31/h4-8,12-13,31H,9-11H2,1-3H3,(H,24,25,32)/t13-/m1/s1. The third-order valence-corrected chi connectivity index (χ3v) is 5.25. The van der Waals surface area contributed by atoms with Crippen molar-refractivity contribution in [2.24, 2.45) is 0 Å². The van der Waals surface area contributed by atoms with Gasteiger partial charge in [-0.25, -0.2) is 18.9 Å². The number of tetrazole rings is 1. The maximum atomic E-state index is 14.8. The Morgan fingerprint density at radius 2 is 1.94 bits per heavy atom. The van der Waals surface area contributed by atoms with Crippen LogP contribution < -0.4 is 5.32 Å². The summed E-state index contributed by atoms with van der Waals surface area (Å²) in [6, 6.07) is 7.19. The molecule has 0 saturated heterocycles. The number of hydrogen-bond acceptors (Lipinski definition) is 8. The number of benzene rings is 1. The van der Waals surface area contributed by atoms with Gasteiger partial charge in [0.2, 0.25) is 5.82 Å². The molecule has 1 aliphatic rings. The minimum absolute atomic E-state index is 0.163. The van der Waals surface area contributed by atoms with E-state index in [9.17, 15) is 19.1 Å². The number of ether oxygens (including phenoxy) is 1. The minimum Gasteiger partial charge on any atom is -0.447 e. The highest BCUT2D eigenvalue weighted by atomic mass is 19.1. The van der Waals surface area contributed by atoms with E-state index >= 15 is 0 Å². The Kier molecular flexibility index (Phi) is 6.50. The molecule has 11 nitrogen and oxygen atoms in total. The Hall–Kier alpha value is -3.93. The Bertz CT molecular complexity index is 1230. The average Bonchev–Trinajstić information content (AvgIpc) is 3.44. The minimum atomic E-state index is -0.702. The van der Waals surface area contributed by atoms with E-state index in [1.54, 1.807) is 39.0 Å². The van der Waals surface area contributed by atoms with Crippen molar-refractivity contribution in [2.45, 2.75) is 46.0 Å². The van der Waals surface area contributed by atoms with E-state index in [-0.39, 0.29) is 43.2 Å². The summed E-state index contributed by atoms with van der Waals surface area (Å²) >= 11 is 0. The zero-order chi connectivity index (χ0) is 24.4. The van der Waals surface area contributed by atoms with Crippen molar-refractivity contribution in [1.29, 1.82) is 0 Å². The lowest BCUT2D eigenvalue weighted by atomic mass is 10.1. The van der Waals surface area contributed by atoms with E-state index in [1.807, 2.05) is 0 Å². The Morgan fingerprint density at radius 1 is 1.21 bits per heavy atom. The number of aromatic nitrogens is 5. The Labute approximate surface area is 194 Å². The molecule has 4 rings (SSSR count). The summed E-state index contributed by atoms with van der Waals surface area (Å²) in [5, 5.41) is 23.4. The molecule has 178 valence electrons. The van der Waals surface area contributed by atoms with Crippen molar-refractivity contribution in [3.63, 3.8) is 0 Å². The molecule has 1 aromatic carbocycles. The predicted octanol–water partition coefficient (Wildman–Crippen LogP) is 2.54. The number of carbonyl (C=O) groups excluding carboxylic acids is 2. The lowest BCUT2D eigenvalue weighted by Crippen LogP contribution is -2.28. The molecule has 1 atom stereocenters. The highest BCUT2D eigenvalue weighted by Gasteiger charge is 2.28. The Balaban J connectivity index is 1.52. The van der Waals surface area contributed by atoms with Gasteiger partial charge in [0.15, 0.2) is 0 Å². The van der Waals surface area contributed by atoms with E-state index in [4.69, 9.17) is 4.74 Å². The molecule has 34 heavy (non-hydrogen) atoms. The third kappa shape index (κ3) is 4.71. The summed E-state index contributed by atoms with van der Waals surface area (Å²) in [4.78, 5) is 30.8. The van der Waals surface area contributed by atoms with Crippen molar-refractivity contribution in [3.05, 3.63) is 52.8 Å². The fourth-order valence-corrected chi connectivity index (χ4v) is 3.55.